The topological polar surface area (TPSA) is 602 Å². The minimum absolute atomic E-state index is 0.0403. The lowest BCUT2D eigenvalue weighted by molar-refractivity contribution is -0.286. The summed E-state index contributed by atoms with van der Waals surface area (Å²) < 4.78 is 103. The van der Waals surface area contributed by atoms with Crippen molar-refractivity contribution in [2.75, 3.05) is 39.6 Å². The summed E-state index contributed by atoms with van der Waals surface area (Å²) >= 11 is 0. The smallest absolute Gasteiger partial charge is 0.310 e. The molecule has 0 aromatic rings. The lowest BCUT2D eigenvalue weighted by atomic mass is 9.88. The van der Waals surface area contributed by atoms with E-state index in [1.807, 2.05) is 55.4 Å². The molecular formula is C75H122O43. The molecule has 0 aliphatic carbocycles. The van der Waals surface area contributed by atoms with Crippen molar-refractivity contribution in [2.24, 2.45) is 29.6 Å². The Morgan fingerprint density at radius 1 is 0.220 bits per heavy atom. The lowest BCUT2D eigenvalue weighted by Crippen LogP contribution is -2.58. The zero-order chi connectivity index (χ0) is 91.4. The molecule has 43 nitrogen and oxygen atoms in total. The second kappa shape index (κ2) is 54.1. The molecule has 43 heteroatoms. The van der Waals surface area contributed by atoms with Crippen molar-refractivity contribution >= 4 is 89.5 Å². The fourth-order valence-electron chi connectivity index (χ4n) is 12.0. The number of esters is 15. The molecule has 0 aromatic carbocycles. The van der Waals surface area contributed by atoms with Gasteiger partial charge in [0.15, 0.2) is 43.1 Å². The molecule has 0 radical (unpaired) electrons. The van der Waals surface area contributed by atoms with Gasteiger partial charge < -0.3 is 136 Å². The first kappa shape index (κ1) is 110. The summed E-state index contributed by atoms with van der Waals surface area (Å²) in [4.78, 5) is 164. The fourth-order valence-corrected chi connectivity index (χ4v) is 12.0. The van der Waals surface area contributed by atoms with E-state index in [0.29, 0.717) is 0 Å². The Balaban J connectivity index is 0.00000138. The number of carbonyl (C=O) groups is 15. The van der Waals surface area contributed by atoms with Gasteiger partial charge in [-0.05, 0) is 27.7 Å². The largest absolute Gasteiger partial charge is 0.463 e. The zero-order valence-corrected chi connectivity index (χ0v) is 70.9. The Labute approximate surface area is 683 Å². The van der Waals surface area contributed by atoms with Gasteiger partial charge in [-0.25, -0.2) is 0 Å². The van der Waals surface area contributed by atoms with Crippen molar-refractivity contribution in [2.45, 2.75) is 319 Å². The van der Waals surface area contributed by atoms with Crippen molar-refractivity contribution in [3.63, 3.8) is 0 Å². The van der Waals surface area contributed by atoms with Gasteiger partial charge in [-0.3, -0.25) is 71.9 Å². The van der Waals surface area contributed by atoms with Gasteiger partial charge in [0.2, 0.25) is 0 Å². The molecule has 8 N–H and O–H groups in total. The summed E-state index contributed by atoms with van der Waals surface area (Å²) in [6.45, 7) is 33.8. The Hall–Kier alpha value is -8.31. The van der Waals surface area contributed by atoms with Crippen molar-refractivity contribution in [3.05, 3.63) is 0 Å². The molecule has 0 saturated carbocycles. The number of hydrogen-bond acceptors (Lipinski definition) is 43. The SMILES string of the molecule is CC(=O)OC(C)=O.CC(=O)OC1C(CO)OC(C)C(C)C1OC(C)=O.CC(=O)OCC1OC(C)C(C)C(O)C1OC(C)=O.CC(=O)OCC1OC(C)C(C)C(OC(C)=O)C1OC(C)=O.CC(=O)OCC1OC(C)C(C)C(OC(C)=O)C1OC(C)=O.CC(=O)OCC1OC(O)C(C)C(OC(C)=O)C1OC(C)=O.OCC1OC(O)C(O)C(O)C1O. The highest BCUT2D eigenvalue weighted by atomic mass is 16.7. The standard InChI is InChI=1S/2C14H22O7.C13H20O8.2C12H20O6.C6H12O6.C4H6O3/c2*1-7-8(2)19-12(6-18-9(3)15)14(21-11(5)17)13(7)20-10(4)16;1-6-11(19-8(3)15)12(20-9(4)16)10(21-13(6)17)5-18-7(2)14;1-6-7(2)17-10(5-16-8(3)13)12(11(6)15)18-9(4)14;1-6-7(2)16-10(5-13)12(18-9(4)15)11(6)17-8(3)14;7-1-2-3(8)4(9)5(10)6(11)12-2;1-3(5)7-4(2)6/h2*7-8,12-14H,6H2,1-5H3;6,10-13,17H,5H2,1-4H3;6-7,10-12,15H,5H2,1-4H3;6-7,10-13H,5H2,1-4H3;2-11H,1H2;1-2H3. The maximum absolute atomic E-state index is 11.3. The predicted octanol–water partition coefficient (Wildman–Crippen LogP) is -1.16. The molecule has 6 fully saturated rings. The van der Waals surface area contributed by atoms with E-state index in [-0.39, 0.29) is 81.1 Å². The normalized spacial score (nSPS) is 33.6. The Bertz CT molecular complexity index is 3010. The van der Waals surface area contributed by atoms with Crippen molar-refractivity contribution in [3.8, 4) is 0 Å². The number of rotatable bonds is 19. The Morgan fingerprint density at radius 3 is 0.695 bits per heavy atom. The van der Waals surface area contributed by atoms with Crippen LogP contribution < -0.4 is 0 Å². The first-order valence-electron chi connectivity index (χ1n) is 37.6. The first-order valence-corrected chi connectivity index (χ1v) is 37.6. The van der Waals surface area contributed by atoms with Gasteiger partial charge in [-0.2, -0.15) is 0 Å². The summed E-state index contributed by atoms with van der Waals surface area (Å²) in [6, 6.07) is 0. The van der Waals surface area contributed by atoms with E-state index in [0.717, 1.165) is 0 Å². The quantitative estimate of drug-likeness (QED) is 0.0430. The van der Waals surface area contributed by atoms with Crippen LogP contribution in [0.15, 0.2) is 0 Å². The molecule has 6 rings (SSSR count). The second-order valence-corrected chi connectivity index (χ2v) is 28.2. The minimum atomic E-state index is -1.57. The lowest BCUT2D eigenvalue weighted by Gasteiger charge is -2.43. The first-order chi connectivity index (χ1) is 54.5. The van der Waals surface area contributed by atoms with Gasteiger partial charge in [-0.1, -0.05) is 34.6 Å². The third-order valence-corrected chi connectivity index (χ3v) is 18.2. The summed E-state index contributed by atoms with van der Waals surface area (Å²) in [5.74, 6) is -8.85. The zero-order valence-electron chi connectivity index (χ0n) is 70.9. The van der Waals surface area contributed by atoms with Crippen molar-refractivity contribution in [1.29, 1.82) is 0 Å². The molecular weight excluding hydrogens is 1590 g/mol. The van der Waals surface area contributed by atoms with Gasteiger partial charge in [0.05, 0.1) is 43.7 Å². The molecule has 0 aromatic heterocycles. The Kier molecular flexibility index (Phi) is 50.3. The summed E-state index contributed by atoms with van der Waals surface area (Å²) in [6.07, 6.45) is -20.5. The van der Waals surface area contributed by atoms with Gasteiger partial charge in [0.25, 0.3) is 0 Å². The number of aliphatic hydroxyl groups excluding tert-OH is 8. The third-order valence-electron chi connectivity index (χ3n) is 18.2. The third kappa shape index (κ3) is 39.7. The van der Waals surface area contributed by atoms with Crippen LogP contribution >= 0.6 is 0 Å². The monoisotopic (exact) mass is 1710 g/mol. The van der Waals surface area contributed by atoms with E-state index in [4.69, 9.17) is 111 Å². The van der Waals surface area contributed by atoms with E-state index < -0.39 is 231 Å². The molecule has 6 saturated heterocycles. The van der Waals surface area contributed by atoms with Crippen LogP contribution in [0.25, 0.3) is 0 Å². The summed E-state index contributed by atoms with van der Waals surface area (Å²) in [7, 11) is 0. The molecule has 680 valence electrons. The predicted molar refractivity (Wildman–Crippen MR) is 392 cm³/mol. The van der Waals surface area contributed by atoms with Crippen LogP contribution in [0.3, 0.4) is 0 Å². The number of carbonyl (C=O) groups excluding carboxylic acids is 15. The molecule has 30 unspecified atom stereocenters. The number of ether oxygens (including phenoxy) is 20. The number of hydrogen-bond donors (Lipinski definition) is 8. The maximum atomic E-state index is 11.3. The van der Waals surface area contributed by atoms with Crippen LogP contribution in [0.4, 0.5) is 0 Å². The van der Waals surface area contributed by atoms with Crippen LogP contribution in [0.1, 0.15) is 166 Å². The molecule has 0 amide bonds. The highest BCUT2D eigenvalue weighted by molar-refractivity contribution is 5.82. The average Bonchev–Trinajstić information content (AvgIpc) is 0.823. The van der Waals surface area contributed by atoms with E-state index in [1.165, 1.54) is 104 Å². The maximum Gasteiger partial charge on any atom is 0.310 e. The highest BCUT2D eigenvalue weighted by Gasteiger charge is 2.52. The average molecular weight is 1710 g/mol. The Morgan fingerprint density at radius 2 is 0.441 bits per heavy atom. The molecule has 6 heterocycles. The molecule has 6 aliphatic heterocycles. The number of aliphatic hydroxyl groups is 8. The van der Waals surface area contributed by atoms with E-state index >= 15 is 0 Å². The molecule has 0 bridgehead atoms. The molecule has 30 atom stereocenters. The van der Waals surface area contributed by atoms with E-state index in [9.17, 15) is 87.2 Å². The van der Waals surface area contributed by atoms with Crippen molar-refractivity contribution in [1.82, 2.24) is 0 Å². The van der Waals surface area contributed by atoms with E-state index in [1.54, 1.807) is 6.92 Å². The van der Waals surface area contributed by atoms with Gasteiger partial charge in [0, 0.05) is 133 Å². The molecule has 0 spiro atoms. The van der Waals surface area contributed by atoms with Gasteiger partial charge >= 0.3 is 89.5 Å². The van der Waals surface area contributed by atoms with Gasteiger partial charge in [0.1, 0.15) is 106 Å². The summed E-state index contributed by atoms with van der Waals surface area (Å²) in [5.41, 5.74) is 0. The molecule has 6 aliphatic rings. The van der Waals surface area contributed by atoms with Crippen LogP contribution in [0, 0.1) is 29.6 Å². The van der Waals surface area contributed by atoms with Crippen LogP contribution in [-0.4, -0.2) is 323 Å². The second-order valence-electron chi connectivity index (χ2n) is 28.2. The minimum Gasteiger partial charge on any atom is -0.463 e. The van der Waals surface area contributed by atoms with Gasteiger partial charge in [-0.15, -0.1) is 0 Å². The van der Waals surface area contributed by atoms with Crippen LogP contribution in [0.2, 0.25) is 0 Å². The van der Waals surface area contributed by atoms with Crippen LogP contribution in [0.5, 0.6) is 0 Å². The van der Waals surface area contributed by atoms with Crippen molar-refractivity contribution < 1.29 is 208 Å². The highest BCUT2D eigenvalue weighted by Crippen LogP contribution is 2.35. The molecule has 118 heavy (non-hydrogen) atoms. The fraction of sp³-hybridized carbons (Fsp3) is 0.800. The summed E-state index contributed by atoms with van der Waals surface area (Å²) in [5, 5.41) is 73.9. The van der Waals surface area contributed by atoms with E-state index in [2.05, 4.69) is 9.47 Å². The van der Waals surface area contributed by atoms with Crippen LogP contribution in [-0.2, 0) is 167 Å².